The van der Waals surface area contributed by atoms with Crippen molar-refractivity contribution in [2.45, 2.75) is 104 Å². The van der Waals surface area contributed by atoms with Crippen LogP contribution in [0.4, 0.5) is 0 Å². The van der Waals surface area contributed by atoms with Crippen LogP contribution < -0.4 is 4.57 Å². The quantitative estimate of drug-likeness (QED) is 0.354. The summed E-state index contributed by atoms with van der Waals surface area (Å²) in [6.45, 7) is 24.6. The highest BCUT2D eigenvalue weighted by Crippen LogP contribution is 2.63. The Labute approximate surface area is 201 Å². The highest BCUT2D eigenvalue weighted by Gasteiger charge is 2.61. The van der Waals surface area contributed by atoms with Crippen molar-refractivity contribution in [2.75, 3.05) is 0 Å². The van der Waals surface area contributed by atoms with E-state index < -0.39 is 0 Å². The Morgan fingerprint density at radius 1 is 0.697 bits per heavy atom. The maximum atomic E-state index is 2.64. The molecule has 0 amide bonds. The van der Waals surface area contributed by atoms with E-state index in [1.807, 2.05) is 0 Å². The summed E-state index contributed by atoms with van der Waals surface area (Å²) in [4.78, 5) is 0. The van der Waals surface area contributed by atoms with E-state index in [2.05, 4.69) is 122 Å². The number of pyridine rings is 1. The first-order chi connectivity index (χ1) is 15.3. The molecule has 2 unspecified atom stereocenters. The van der Waals surface area contributed by atoms with Crippen molar-refractivity contribution in [3.63, 3.8) is 0 Å². The van der Waals surface area contributed by atoms with Crippen LogP contribution in [0.5, 0.6) is 0 Å². The third-order valence-corrected chi connectivity index (χ3v) is 11.5. The number of fused-ring (bicyclic) bond motifs is 6. The molecule has 2 atom stereocenters. The summed E-state index contributed by atoms with van der Waals surface area (Å²) in [5, 5.41) is 2.70. The maximum Gasteiger partial charge on any atom is 0.221 e. The molecule has 3 aromatic rings. The van der Waals surface area contributed by atoms with Crippen molar-refractivity contribution >= 4 is 10.8 Å². The van der Waals surface area contributed by atoms with E-state index in [1.54, 1.807) is 11.1 Å². The molecule has 2 heterocycles. The summed E-state index contributed by atoms with van der Waals surface area (Å²) < 4.78 is 2.63. The van der Waals surface area contributed by atoms with Gasteiger partial charge >= 0.3 is 0 Å². The summed E-state index contributed by atoms with van der Waals surface area (Å²) in [7, 11) is 0. The van der Waals surface area contributed by atoms with Crippen LogP contribution in [0, 0.1) is 5.41 Å². The normalized spacial score (nSPS) is 28.3. The van der Waals surface area contributed by atoms with Gasteiger partial charge in [0, 0.05) is 19.4 Å². The highest BCUT2D eigenvalue weighted by atomic mass is 15.1. The second kappa shape index (κ2) is 6.49. The average molecular weight is 441 g/mol. The Hall–Kier alpha value is -2.15. The fourth-order valence-corrected chi connectivity index (χ4v) is 7.33. The Morgan fingerprint density at radius 2 is 1.30 bits per heavy atom. The first-order valence-electron chi connectivity index (χ1n) is 12.9. The number of nitrogens with zero attached hydrogens (tertiary/aromatic N) is 1. The fourth-order valence-electron chi connectivity index (χ4n) is 7.33. The van der Waals surface area contributed by atoms with Gasteiger partial charge in [-0.25, -0.2) is 0 Å². The lowest BCUT2D eigenvalue weighted by Gasteiger charge is -2.47. The molecular weight excluding hydrogens is 398 g/mol. The predicted molar refractivity (Wildman–Crippen MR) is 141 cm³/mol. The van der Waals surface area contributed by atoms with E-state index in [0.29, 0.717) is 0 Å². The van der Waals surface area contributed by atoms with E-state index in [4.69, 9.17) is 0 Å². The third kappa shape index (κ3) is 2.37. The molecule has 1 aliphatic heterocycles. The molecule has 1 nitrogen and oxygen atoms in total. The monoisotopic (exact) mass is 440 g/mol. The zero-order valence-corrected chi connectivity index (χ0v) is 22.5. The van der Waals surface area contributed by atoms with Gasteiger partial charge in [-0.1, -0.05) is 79.7 Å². The molecule has 0 fully saturated rings. The zero-order chi connectivity index (χ0) is 24.2. The Kier molecular flexibility index (Phi) is 4.45. The van der Waals surface area contributed by atoms with Gasteiger partial charge in [0.15, 0.2) is 11.7 Å². The molecule has 0 radical (unpaired) electrons. The van der Waals surface area contributed by atoms with Crippen LogP contribution >= 0.6 is 0 Å². The number of hydrogen-bond donors (Lipinski definition) is 0. The van der Waals surface area contributed by atoms with Crippen molar-refractivity contribution < 1.29 is 4.57 Å². The Morgan fingerprint density at radius 3 is 1.91 bits per heavy atom. The summed E-state index contributed by atoms with van der Waals surface area (Å²) in [6.07, 6.45) is 4.59. The third-order valence-electron chi connectivity index (χ3n) is 11.5. The van der Waals surface area contributed by atoms with E-state index in [-0.39, 0.29) is 27.2 Å². The van der Waals surface area contributed by atoms with Crippen LogP contribution in [-0.4, -0.2) is 0 Å². The summed E-state index contributed by atoms with van der Waals surface area (Å²) in [5.74, 6) is 0. The molecule has 2 aromatic carbocycles. The Bertz CT molecular complexity index is 1290. The second-order valence-corrected chi connectivity index (χ2v) is 12.8. The van der Waals surface area contributed by atoms with Gasteiger partial charge in [-0.15, -0.1) is 0 Å². The van der Waals surface area contributed by atoms with Crippen molar-refractivity contribution in [1.82, 2.24) is 0 Å². The molecule has 5 rings (SSSR count). The van der Waals surface area contributed by atoms with Crippen LogP contribution in [0.15, 0.2) is 48.7 Å². The molecule has 1 aromatic heterocycles. The lowest BCUT2D eigenvalue weighted by Crippen LogP contribution is -2.67. The van der Waals surface area contributed by atoms with E-state index >= 15 is 0 Å². The van der Waals surface area contributed by atoms with Gasteiger partial charge in [0.05, 0.1) is 16.4 Å². The van der Waals surface area contributed by atoms with Gasteiger partial charge in [0.25, 0.3) is 0 Å². The minimum absolute atomic E-state index is 0.0101. The molecule has 0 N–H and O–H groups in total. The minimum Gasteiger partial charge on any atom is -0.192 e. The molecule has 0 saturated heterocycles. The fraction of sp³-hybridized carbons (Fsp3) is 0.531. The van der Waals surface area contributed by atoms with Gasteiger partial charge in [-0.05, 0) is 63.8 Å². The van der Waals surface area contributed by atoms with Crippen LogP contribution in [0.1, 0.15) is 98.8 Å². The van der Waals surface area contributed by atoms with Crippen molar-refractivity contribution in [3.05, 3.63) is 65.4 Å². The molecule has 174 valence electrons. The average Bonchev–Trinajstić information content (AvgIpc) is 2.90. The first-order valence-corrected chi connectivity index (χ1v) is 12.9. The topological polar surface area (TPSA) is 3.88 Å². The van der Waals surface area contributed by atoms with Crippen molar-refractivity contribution in [2.24, 2.45) is 5.41 Å². The summed E-state index contributed by atoms with van der Waals surface area (Å²) in [6, 6.07) is 16.5. The smallest absolute Gasteiger partial charge is 0.192 e. The van der Waals surface area contributed by atoms with E-state index in [0.717, 1.165) is 12.8 Å². The molecule has 1 heteroatoms. The largest absolute Gasteiger partial charge is 0.221 e. The minimum atomic E-state index is 0.0101. The molecule has 1 aliphatic carbocycles. The van der Waals surface area contributed by atoms with Crippen LogP contribution in [0.2, 0.25) is 0 Å². The lowest BCUT2D eigenvalue weighted by atomic mass is 9.59. The van der Waals surface area contributed by atoms with Crippen molar-refractivity contribution in [3.8, 4) is 11.3 Å². The molecular formula is C32H42N+. The van der Waals surface area contributed by atoms with Gasteiger partial charge < -0.3 is 0 Å². The summed E-state index contributed by atoms with van der Waals surface area (Å²) in [5.41, 5.74) is 7.94. The molecule has 0 spiro atoms. The highest BCUT2D eigenvalue weighted by molar-refractivity contribution is 5.94. The predicted octanol–water partition coefficient (Wildman–Crippen LogP) is 8.20. The number of rotatable bonds is 2. The van der Waals surface area contributed by atoms with Crippen molar-refractivity contribution in [1.29, 1.82) is 0 Å². The van der Waals surface area contributed by atoms with Crippen LogP contribution in [0.3, 0.4) is 0 Å². The van der Waals surface area contributed by atoms with Crippen LogP contribution in [-0.2, 0) is 21.8 Å². The van der Waals surface area contributed by atoms with Gasteiger partial charge in [0.2, 0.25) is 5.69 Å². The standard InChI is InChI=1S/C32H42N/c1-11-31(9)24-20-26-25(28(3,4)30(7,8)29(26,5)6)19-23(24)27-22-16-14-13-15-21(22)17-18-33(27)32(31,10)12-2/h13-20H,11-12H2,1-10H3/q+1. The van der Waals surface area contributed by atoms with Gasteiger partial charge in [-0.2, -0.15) is 4.57 Å². The molecule has 33 heavy (non-hydrogen) atoms. The molecule has 2 aliphatic rings. The molecule has 0 saturated carbocycles. The maximum absolute atomic E-state index is 2.64. The first kappa shape index (κ1) is 22.6. The molecule has 0 bridgehead atoms. The van der Waals surface area contributed by atoms with Gasteiger partial charge in [0.1, 0.15) is 0 Å². The zero-order valence-electron chi connectivity index (χ0n) is 22.5. The number of aromatic nitrogens is 1. The van der Waals surface area contributed by atoms with Crippen LogP contribution in [0.25, 0.3) is 22.0 Å². The summed E-state index contributed by atoms with van der Waals surface area (Å²) >= 11 is 0. The number of benzene rings is 2. The second-order valence-electron chi connectivity index (χ2n) is 12.8. The SMILES string of the molecule is CCC1(C)c2cc3c(cc2-c2c4ccccc4cc[n+]2C1(C)CC)C(C)(C)C(C)(C)C3(C)C. The Balaban J connectivity index is 1.99. The lowest BCUT2D eigenvalue weighted by molar-refractivity contribution is -0.764. The van der Waals surface area contributed by atoms with E-state index in [1.165, 1.54) is 27.6 Å². The van der Waals surface area contributed by atoms with E-state index in [9.17, 15) is 0 Å². The van der Waals surface area contributed by atoms with Gasteiger partial charge in [-0.3, -0.25) is 0 Å². The number of hydrogen-bond acceptors (Lipinski definition) is 0.